The topological polar surface area (TPSA) is 113 Å². The molecule has 0 aliphatic rings. The van der Waals surface area contributed by atoms with E-state index in [9.17, 15) is 14.4 Å². The first-order valence-electron chi connectivity index (χ1n) is 5.12. The number of carbonyl (C=O) groups excluding carboxylic acids is 2. The molecule has 0 aliphatic heterocycles. The van der Waals surface area contributed by atoms with E-state index in [0.29, 0.717) is 13.0 Å². The van der Waals surface area contributed by atoms with E-state index in [1.807, 2.05) is 6.92 Å². The number of carboxylic acid groups (broad SMARTS) is 1. The lowest BCUT2D eigenvalue weighted by molar-refractivity contribution is -0.149. The Morgan fingerprint density at radius 3 is 2.35 bits per heavy atom. The minimum atomic E-state index is -1.23. The molecule has 0 aromatic rings. The number of carbonyl (C=O) groups is 3. The van der Waals surface area contributed by atoms with E-state index < -0.39 is 24.3 Å². The van der Waals surface area contributed by atoms with E-state index in [1.54, 1.807) is 0 Å². The lowest BCUT2D eigenvalue weighted by atomic mass is 10.3. The molecule has 7 heteroatoms. The zero-order valence-electron chi connectivity index (χ0n) is 9.51. The molecule has 0 atom stereocenters. The molecule has 0 saturated heterocycles. The molecule has 0 radical (unpaired) electrons. The SMILES string of the molecule is CCCN=C(CCC(=O)O)OC(=O)C(=O)CO. The monoisotopic (exact) mass is 245 g/mol. The van der Waals surface area contributed by atoms with Gasteiger partial charge in [-0.3, -0.25) is 14.6 Å². The second-order valence-corrected chi connectivity index (χ2v) is 3.14. The molecule has 2 N–H and O–H groups in total. The number of aliphatic hydroxyl groups excluding tert-OH is 1. The molecule has 0 aromatic carbocycles. The summed E-state index contributed by atoms with van der Waals surface area (Å²) in [5.41, 5.74) is 0. The highest BCUT2D eigenvalue weighted by atomic mass is 16.5. The summed E-state index contributed by atoms with van der Waals surface area (Å²) in [5, 5.41) is 16.9. The van der Waals surface area contributed by atoms with Gasteiger partial charge < -0.3 is 14.9 Å². The summed E-state index contributed by atoms with van der Waals surface area (Å²) in [6, 6.07) is 0. The fraction of sp³-hybridized carbons (Fsp3) is 0.600. The molecule has 0 fully saturated rings. The van der Waals surface area contributed by atoms with Crippen LogP contribution in [0.1, 0.15) is 26.2 Å². The van der Waals surface area contributed by atoms with Gasteiger partial charge in [0.1, 0.15) is 6.61 Å². The quantitative estimate of drug-likeness (QED) is 0.277. The van der Waals surface area contributed by atoms with Crippen molar-refractivity contribution in [1.29, 1.82) is 0 Å². The van der Waals surface area contributed by atoms with Crippen LogP contribution in [0.25, 0.3) is 0 Å². The first kappa shape index (κ1) is 15.2. The molecule has 0 aliphatic carbocycles. The lowest BCUT2D eigenvalue weighted by Gasteiger charge is -2.05. The molecule has 0 aromatic heterocycles. The standard InChI is InChI=1S/C10H15NO6/c1-2-5-11-8(3-4-9(14)15)17-10(16)7(13)6-12/h12H,2-6H2,1H3,(H,14,15). The number of esters is 1. The Balaban J connectivity index is 4.43. The number of hydrogen-bond donors (Lipinski definition) is 2. The maximum Gasteiger partial charge on any atom is 0.383 e. The van der Waals surface area contributed by atoms with Crippen LogP contribution < -0.4 is 0 Å². The van der Waals surface area contributed by atoms with Gasteiger partial charge in [0.15, 0.2) is 5.90 Å². The van der Waals surface area contributed by atoms with Crippen molar-refractivity contribution >= 4 is 23.6 Å². The number of hydrogen-bond acceptors (Lipinski definition) is 6. The summed E-state index contributed by atoms with van der Waals surface area (Å²) in [6.07, 6.45) is 0.380. The van der Waals surface area contributed by atoms with Crippen LogP contribution in [0.15, 0.2) is 4.99 Å². The molecule has 0 saturated carbocycles. The third kappa shape index (κ3) is 7.18. The Hall–Kier alpha value is -1.76. The van der Waals surface area contributed by atoms with Gasteiger partial charge in [0, 0.05) is 13.0 Å². The second-order valence-electron chi connectivity index (χ2n) is 3.14. The third-order valence-corrected chi connectivity index (χ3v) is 1.65. The summed E-state index contributed by atoms with van der Waals surface area (Å²) < 4.78 is 4.59. The number of Topliss-reactive ketones (excluding diaryl/α,β-unsaturated/α-hetero) is 1. The van der Waals surface area contributed by atoms with Crippen LogP contribution in [0.5, 0.6) is 0 Å². The highest BCUT2D eigenvalue weighted by Crippen LogP contribution is 1.98. The Kier molecular flexibility index (Phi) is 7.53. The van der Waals surface area contributed by atoms with Gasteiger partial charge in [0.25, 0.3) is 5.78 Å². The third-order valence-electron chi connectivity index (χ3n) is 1.65. The van der Waals surface area contributed by atoms with Gasteiger partial charge >= 0.3 is 11.9 Å². The summed E-state index contributed by atoms with van der Waals surface area (Å²) in [6.45, 7) is 1.27. The highest BCUT2D eigenvalue weighted by molar-refractivity contribution is 6.35. The van der Waals surface area contributed by atoms with Gasteiger partial charge in [0.05, 0.1) is 6.42 Å². The predicted octanol–water partition coefficient (Wildman–Crippen LogP) is -0.236. The number of ketones is 1. The van der Waals surface area contributed by atoms with Crippen molar-refractivity contribution in [2.24, 2.45) is 4.99 Å². The average Bonchev–Trinajstić information content (AvgIpc) is 2.31. The number of aliphatic hydroxyl groups is 1. The average molecular weight is 245 g/mol. The fourth-order valence-electron chi connectivity index (χ4n) is 0.841. The molecule has 96 valence electrons. The van der Waals surface area contributed by atoms with Crippen LogP contribution in [0, 0.1) is 0 Å². The Labute approximate surface area is 98.1 Å². The van der Waals surface area contributed by atoms with Crippen LogP contribution in [0.4, 0.5) is 0 Å². The van der Waals surface area contributed by atoms with Crippen LogP contribution in [-0.4, -0.2) is 47.0 Å². The zero-order valence-corrected chi connectivity index (χ0v) is 9.51. The molecule has 7 nitrogen and oxygen atoms in total. The van der Waals surface area contributed by atoms with E-state index in [2.05, 4.69) is 9.73 Å². The predicted molar refractivity (Wildman–Crippen MR) is 57.6 cm³/mol. The van der Waals surface area contributed by atoms with E-state index >= 15 is 0 Å². The van der Waals surface area contributed by atoms with Gasteiger partial charge in [0.2, 0.25) is 0 Å². The van der Waals surface area contributed by atoms with Crippen molar-refractivity contribution in [2.75, 3.05) is 13.2 Å². The highest BCUT2D eigenvalue weighted by Gasteiger charge is 2.17. The summed E-state index contributed by atoms with van der Waals surface area (Å²) >= 11 is 0. The molecular weight excluding hydrogens is 230 g/mol. The van der Waals surface area contributed by atoms with Crippen LogP contribution in [0.2, 0.25) is 0 Å². The second kappa shape index (κ2) is 8.40. The van der Waals surface area contributed by atoms with Crippen molar-refractivity contribution in [2.45, 2.75) is 26.2 Å². The van der Waals surface area contributed by atoms with E-state index in [-0.39, 0.29) is 18.7 Å². The van der Waals surface area contributed by atoms with E-state index in [0.717, 1.165) is 0 Å². The van der Waals surface area contributed by atoms with E-state index in [1.165, 1.54) is 0 Å². The van der Waals surface area contributed by atoms with Crippen LogP contribution in [-0.2, 0) is 19.1 Å². The first-order chi connectivity index (χ1) is 8.01. The number of carboxylic acids is 1. The molecule has 0 rings (SSSR count). The van der Waals surface area contributed by atoms with E-state index in [4.69, 9.17) is 10.2 Å². The van der Waals surface area contributed by atoms with Gasteiger partial charge in [-0.2, -0.15) is 0 Å². The van der Waals surface area contributed by atoms with Crippen molar-refractivity contribution < 1.29 is 29.3 Å². The lowest BCUT2D eigenvalue weighted by Crippen LogP contribution is -2.24. The van der Waals surface area contributed by atoms with Crippen molar-refractivity contribution in [3.63, 3.8) is 0 Å². The van der Waals surface area contributed by atoms with Crippen molar-refractivity contribution in [1.82, 2.24) is 0 Å². The fourth-order valence-corrected chi connectivity index (χ4v) is 0.841. The molecule has 0 spiro atoms. The molecule has 0 unspecified atom stereocenters. The minimum absolute atomic E-state index is 0.0697. The normalized spacial score (nSPS) is 11.1. The van der Waals surface area contributed by atoms with Crippen LogP contribution >= 0.6 is 0 Å². The van der Waals surface area contributed by atoms with Gasteiger partial charge in [-0.25, -0.2) is 4.79 Å². The Morgan fingerprint density at radius 2 is 1.88 bits per heavy atom. The van der Waals surface area contributed by atoms with Crippen LogP contribution in [0.3, 0.4) is 0 Å². The number of aliphatic imine (C=N–C) groups is 1. The number of nitrogens with zero attached hydrogens (tertiary/aromatic N) is 1. The summed E-state index contributed by atoms with van der Waals surface area (Å²) in [4.78, 5) is 36.0. The molecule has 0 amide bonds. The van der Waals surface area contributed by atoms with Gasteiger partial charge in [-0.15, -0.1) is 0 Å². The molecular formula is C10H15NO6. The smallest absolute Gasteiger partial charge is 0.383 e. The zero-order chi connectivity index (χ0) is 13.3. The van der Waals surface area contributed by atoms with Crippen molar-refractivity contribution in [3.8, 4) is 0 Å². The number of rotatable bonds is 7. The Bertz CT molecular complexity index is 323. The number of ether oxygens (including phenoxy) is 1. The maximum atomic E-state index is 11.0. The molecule has 0 heterocycles. The van der Waals surface area contributed by atoms with Crippen molar-refractivity contribution in [3.05, 3.63) is 0 Å². The summed E-state index contributed by atoms with van der Waals surface area (Å²) in [5.74, 6) is -3.47. The largest absolute Gasteiger partial charge is 0.481 e. The Morgan fingerprint density at radius 1 is 1.24 bits per heavy atom. The molecule has 0 bridgehead atoms. The summed E-state index contributed by atoms with van der Waals surface area (Å²) in [7, 11) is 0. The molecule has 17 heavy (non-hydrogen) atoms. The maximum absolute atomic E-state index is 11.0. The van der Waals surface area contributed by atoms with Gasteiger partial charge in [-0.05, 0) is 6.42 Å². The number of aliphatic carboxylic acids is 1. The minimum Gasteiger partial charge on any atom is -0.481 e. The van der Waals surface area contributed by atoms with Gasteiger partial charge in [-0.1, -0.05) is 6.92 Å². The first-order valence-corrected chi connectivity index (χ1v) is 5.12.